The number of hydrogen-bond acceptors (Lipinski definition) is 3. The summed E-state index contributed by atoms with van der Waals surface area (Å²) in [5.74, 6) is -1.32. The normalized spacial score (nSPS) is 21.6. The van der Waals surface area contributed by atoms with Crippen molar-refractivity contribution in [3.63, 3.8) is 0 Å². The predicted molar refractivity (Wildman–Crippen MR) is 72.4 cm³/mol. The number of rotatable bonds is 4. The summed E-state index contributed by atoms with van der Waals surface area (Å²) in [6.45, 7) is 0. The van der Waals surface area contributed by atoms with Gasteiger partial charge in [-0.25, -0.2) is 4.79 Å². The lowest BCUT2D eigenvalue weighted by molar-refractivity contribution is 0.0176. The highest BCUT2D eigenvalue weighted by Crippen LogP contribution is 2.23. The van der Waals surface area contributed by atoms with Crippen molar-refractivity contribution in [1.29, 1.82) is 0 Å². The lowest BCUT2D eigenvalue weighted by Gasteiger charge is -2.34. The number of methoxy groups -OCH3 is 1. The van der Waals surface area contributed by atoms with E-state index < -0.39 is 5.97 Å². The summed E-state index contributed by atoms with van der Waals surface area (Å²) in [6.07, 6.45) is 1.80. The van der Waals surface area contributed by atoms with Crippen LogP contribution in [0.3, 0.4) is 0 Å². The molecule has 5 nitrogen and oxygen atoms in total. The van der Waals surface area contributed by atoms with Gasteiger partial charge in [0.15, 0.2) is 0 Å². The van der Waals surface area contributed by atoms with E-state index in [0.717, 1.165) is 12.8 Å². The van der Waals surface area contributed by atoms with Crippen molar-refractivity contribution in [3.8, 4) is 0 Å². The first kappa shape index (κ1) is 14.0. The van der Waals surface area contributed by atoms with Gasteiger partial charge in [-0.1, -0.05) is 15.9 Å². The van der Waals surface area contributed by atoms with Crippen LogP contribution in [0.2, 0.25) is 0 Å². The van der Waals surface area contributed by atoms with Crippen molar-refractivity contribution >= 4 is 27.8 Å². The minimum absolute atomic E-state index is 0.0860. The lowest BCUT2D eigenvalue weighted by Crippen LogP contribution is -2.47. The molecule has 0 saturated heterocycles. The molecule has 102 valence electrons. The molecule has 0 atom stereocenters. The Bertz CT molecular complexity index is 511. The molecule has 0 aliphatic heterocycles. The van der Waals surface area contributed by atoms with Gasteiger partial charge < -0.3 is 15.2 Å². The highest BCUT2D eigenvalue weighted by atomic mass is 79.9. The van der Waals surface area contributed by atoms with Crippen molar-refractivity contribution < 1.29 is 19.4 Å². The molecule has 1 aliphatic carbocycles. The molecule has 0 aromatic heterocycles. The molecule has 0 radical (unpaired) electrons. The van der Waals surface area contributed by atoms with Gasteiger partial charge in [0.25, 0.3) is 5.91 Å². The summed E-state index contributed by atoms with van der Waals surface area (Å²) < 4.78 is 5.71. The van der Waals surface area contributed by atoms with Crippen LogP contribution in [0.15, 0.2) is 22.7 Å². The number of ether oxygens (including phenoxy) is 1. The molecule has 1 fully saturated rings. The molecule has 2 rings (SSSR count). The second-order valence-corrected chi connectivity index (χ2v) is 5.45. The van der Waals surface area contributed by atoms with E-state index in [1.54, 1.807) is 13.2 Å². The molecule has 0 bridgehead atoms. The van der Waals surface area contributed by atoms with Crippen LogP contribution in [0.1, 0.15) is 33.6 Å². The second-order valence-electron chi connectivity index (χ2n) is 4.53. The average Bonchev–Trinajstić information content (AvgIpc) is 2.32. The monoisotopic (exact) mass is 327 g/mol. The van der Waals surface area contributed by atoms with Gasteiger partial charge in [0.05, 0.1) is 11.7 Å². The molecule has 6 heteroatoms. The summed E-state index contributed by atoms with van der Waals surface area (Å²) in [6, 6.07) is 4.54. The summed E-state index contributed by atoms with van der Waals surface area (Å²) in [5, 5.41) is 11.8. The number of aromatic carboxylic acids is 1. The number of carbonyl (C=O) groups excluding carboxylic acids is 1. The minimum Gasteiger partial charge on any atom is -0.478 e. The molecule has 0 spiro atoms. The van der Waals surface area contributed by atoms with Crippen molar-refractivity contribution in [2.24, 2.45) is 0 Å². The Hall–Kier alpha value is -1.40. The standard InChI is InChI=1S/C13H14BrNO4/c1-19-11-5-10(6-11)15-12(16)7-2-8(13(17)18)4-9(14)3-7/h2-4,10-11H,5-6H2,1H3,(H,15,16)(H,17,18). The fourth-order valence-corrected chi connectivity index (χ4v) is 2.48. The number of carboxylic acid groups (broad SMARTS) is 1. The number of nitrogens with one attached hydrogen (secondary N) is 1. The zero-order valence-corrected chi connectivity index (χ0v) is 11.9. The fourth-order valence-electron chi connectivity index (χ4n) is 1.99. The molecule has 1 amide bonds. The summed E-state index contributed by atoms with van der Waals surface area (Å²) >= 11 is 3.20. The topological polar surface area (TPSA) is 75.6 Å². The Kier molecular flexibility index (Phi) is 4.21. The number of halogens is 1. The molecular weight excluding hydrogens is 314 g/mol. The first-order valence-electron chi connectivity index (χ1n) is 5.87. The van der Waals surface area contributed by atoms with Crippen LogP contribution in [0, 0.1) is 0 Å². The number of amides is 1. The number of carboxylic acids is 1. The van der Waals surface area contributed by atoms with Gasteiger partial charge in [0.1, 0.15) is 0 Å². The highest BCUT2D eigenvalue weighted by molar-refractivity contribution is 9.10. The van der Waals surface area contributed by atoms with Gasteiger partial charge in [-0.05, 0) is 31.0 Å². The van der Waals surface area contributed by atoms with E-state index in [2.05, 4.69) is 21.2 Å². The zero-order valence-electron chi connectivity index (χ0n) is 10.4. The number of benzene rings is 1. The van der Waals surface area contributed by atoms with Crippen molar-refractivity contribution in [1.82, 2.24) is 5.32 Å². The van der Waals surface area contributed by atoms with Gasteiger partial charge >= 0.3 is 5.97 Å². The average molecular weight is 328 g/mol. The van der Waals surface area contributed by atoms with E-state index in [9.17, 15) is 9.59 Å². The van der Waals surface area contributed by atoms with Crippen LogP contribution in [-0.4, -0.2) is 36.2 Å². The van der Waals surface area contributed by atoms with Crippen LogP contribution in [0.25, 0.3) is 0 Å². The SMILES string of the molecule is COC1CC(NC(=O)c2cc(Br)cc(C(=O)O)c2)C1. The van der Waals surface area contributed by atoms with Gasteiger partial charge in [0.2, 0.25) is 0 Å². The lowest BCUT2D eigenvalue weighted by atomic mass is 9.89. The molecule has 1 saturated carbocycles. The van der Waals surface area contributed by atoms with Crippen molar-refractivity contribution in [2.75, 3.05) is 7.11 Å². The maximum atomic E-state index is 12.0. The molecule has 19 heavy (non-hydrogen) atoms. The summed E-state index contributed by atoms with van der Waals surface area (Å²) in [4.78, 5) is 22.9. The van der Waals surface area contributed by atoms with Crippen molar-refractivity contribution in [3.05, 3.63) is 33.8 Å². The second kappa shape index (κ2) is 5.71. The van der Waals surface area contributed by atoms with E-state index in [0.29, 0.717) is 10.0 Å². The van der Waals surface area contributed by atoms with E-state index in [-0.39, 0.29) is 23.6 Å². The molecule has 1 aliphatic rings. The van der Waals surface area contributed by atoms with Gasteiger partial charge in [-0.15, -0.1) is 0 Å². The fraction of sp³-hybridized carbons (Fsp3) is 0.385. The molecule has 1 aromatic carbocycles. The Balaban J connectivity index is 2.05. The molecular formula is C13H14BrNO4. The molecule has 0 unspecified atom stereocenters. The van der Waals surface area contributed by atoms with Crippen LogP contribution in [0.4, 0.5) is 0 Å². The van der Waals surface area contributed by atoms with Crippen LogP contribution in [0.5, 0.6) is 0 Å². The van der Waals surface area contributed by atoms with E-state index >= 15 is 0 Å². The number of hydrogen-bond donors (Lipinski definition) is 2. The quantitative estimate of drug-likeness (QED) is 0.887. The van der Waals surface area contributed by atoms with E-state index in [1.807, 2.05) is 0 Å². The molecule has 0 heterocycles. The third-order valence-electron chi connectivity index (χ3n) is 3.17. The molecule has 2 N–H and O–H groups in total. The summed E-state index contributed by atoms with van der Waals surface area (Å²) in [7, 11) is 1.65. The Morgan fingerprint density at radius 1 is 1.32 bits per heavy atom. The Morgan fingerprint density at radius 2 is 1.95 bits per heavy atom. The number of carbonyl (C=O) groups is 2. The summed E-state index contributed by atoms with van der Waals surface area (Å²) in [5.41, 5.74) is 0.426. The smallest absolute Gasteiger partial charge is 0.335 e. The van der Waals surface area contributed by atoms with E-state index in [4.69, 9.17) is 9.84 Å². The largest absolute Gasteiger partial charge is 0.478 e. The van der Waals surface area contributed by atoms with Crippen LogP contribution < -0.4 is 5.32 Å². The maximum absolute atomic E-state index is 12.0. The van der Waals surface area contributed by atoms with Gasteiger partial charge in [-0.3, -0.25) is 4.79 Å². The first-order valence-corrected chi connectivity index (χ1v) is 6.66. The third kappa shape index (κ3) is 3.33. The van der Waals surface area contributed by atoms with Gasteiger partial charge in [0, 0.05) is 23.2 Å². The van der Waals surface area contributed by atoms with Gasteiger partial charge in [-0.2, -0.15) is 0 Å². The highest BCUT2D eigenvalue weighted by Gasteiger charge is 2.30. The molecule has 1 aromatic rings. The van der Waals surface area contributed by atoms with Crippen LogP contribution in [-0.2, 0) is 4.74 Å². The Labute approximate surface area is 119 Å². The predicted octanol–water partition coefficient (Wildman–Crippen LogP) is 2.05. The maximum Gasteiger partial charge on any atom is 0.335 e. The minimum atomic E-state index is -1.06. The van der Waals surface area contributed by atoms with Crippen LogP contribution >= 0.6 is 15.9 Å². The van der Waals surface area contributed by atoms with Crippen molar-refractivity contribution in [2.45, 2.75) is 25.0 Å². The zero-order chi connectivity index (χ0) is 14.0. The van der Waals surface area contributed by atoms with E-state index in [1.165, 1.54) is 12.1 Å². The third-order valence-corrected chi connectivity index (χ3v) is 3.63. The first-order chi connectivity index (χ1) is 8.99. The Morgan fingerprint density at radius 3 is 2.53 bits per heavy atom.